The molecule has 0 bridgehead atoms. The van der Waals surface area contributed by atoms with Gasteiger partial charge in [-0.05, 0) is 13.3 Å². The Morgan fingerprint density at radius 3 is 2.87 bits per heavy atom. The lowest BCUT2D eigenvalue weighted by Crippen LogP contribution is -2.15. The van der Waals surface area contributed by atoms with Gasteiger partial charge < -0.3 is 15.9 Å². The third kappa shape index (κ3) is 3.59. The lowest BCUT2D eigenvalue weighted by atomic mass is 10.2. The van der Waals surface area contributed by atoms with Crippen molar-refractivity contribution in [3.8, 4) is 5.88 Å². The van der Waals surface area contributed by atoms with Crippen LogP contribution in [0.5, 0.6) is 5.88 Å². The fourth-order valence-corrected chi connectivity index (χ4v) is 1.25. The summed E-state index contributed by atoms with van der Waals surface area (Å²) in [6.45, 7) is 4.08. The van der Waals surface area contributed by atoms with Crippen LogP contribution in [0.3, 0.4) is 0 Å². The largest absolute Gasteiger partial charge is 0.474 e. The Kier molecular flexibility index (Phi) is 4.11. The van der Waals surface area contributed by atoms with Gasteiger partial charge in [0.05, 0.1) is 6.10 Å². The summed E-state index contributed by atoms with van der Waals surface area (Å²) in [6, 6.07) is 1.61. The lowest BCUT2D eigenvalue weighted by Gasteiger charge is -2.13. The minimum Gasteiger partial charge on any atom is -0.474 e. The van der Waals surface area contributed by atoms with Crippen LogP contribution in [0.1, 0.15) is 26.7 Å². The van der Waals surface area contributed by atoms with Crippen LogP contribution in [0, 0.1) is 0 Å². The molecule has 0 aliphatic heterocycles. The van der Waals surface area contributed by atoms with Crippen molar-refractivity contribution in [2.75, 3.05) is 11.2 Å². The van der Waals surface area contributed by atoms with E-state index in [1.807, 2.05) is 6.92 Å². The number of nitrogens with one attached hydrogen (secondary N) is 1. The Morgan fingerprint density at radius 2 is 2.27 bits per heavy atom. The number of nitrogen functional groups attached to an aromatic ring is 2. The van der Waals surface area contributed by atoms with E-state index in [2.05, 4.69) is 22.3 Å². The standard InChI is InChI=1S/C9H17N5O/c1-3-4-6(2)15-8-5-7(14-11)12-9(10)13-8/h5-6H,3-4,11H2,1-2H3,(H3,10,12,13,14). The molecule has 0 aliphatic rings. The predicted octanol–water partition coefficient (Wildman–Crippen LogP) is 0.912. The van der Waals surface area contributed by atoms with E-state index < -0.39 is 0 Å². The van der Waals surface area contributed by atoms with Crippen LogP contribution in [0.15, 0.2) is 6.07 Å². The van der Waals surface area contributed by atoms with E-state index in [0.717, 1.165) is 12.8 Å². The number of nitrogens with two attached hydrogens (primary N) is 2. The zero-order valence-electron chi connectivity index (χ0n) is 9.03. The van der Waals surface area contributed by atoms with Gasteiger partial charge in [0.25, 0.3) is 0 Å². The summed E-state index contributed by atoms with van der Waals surface area (Å²) in [5, 5.41) is 0. The fourth-order valence-electron chi connectivity index (χ4n) is 1.25. The number of hydrogen-bond donors (Lipinski definition) is 3. The van der Waals surface area contributed by atoms with E-state index in [4.69, 9.17) is 16.3 Å². The van der Waals surface area contributed by atoms with Gasteiger partial charge in [0.2, 0.25) is 11.8 Å². The smallest absolute Gasteiger partial charge is 0.225 e. The highest BCUT2D eigenvalue weighted by Gasteiger charge is 2.06. The highest BCUT2D eigenvalue weighted by Crippen LogP contribution is 2.16. The Hall–Kier alpha value is -1.56. The van der Waals surface area contributed by atoms with Crippen molar-refractivity contribution in [1.29, 1.82) is 0 Å². The Labute approximate surface area is 89.0 Å². The summed E-state index contributed by atoms with van der Waals surface area (Å²) in [5.41, 5.74) is 7.89. The van der Waals surface area contributed by atoms with Gasteiger partial charge in [0.15, 0.2) is 0 Å². The molecule has 0 spiro atoms. The van der Waals surface area contributed by atoms with E-state index in [-0.39, 0.29) is 12.1 Å². The molecule has 0 radical (unpaired) electrons. The molecule has 0 aliphatic carbocycles. The molecule has 1 aromatic rings. The van der Waals surface area contributed by atoms with Gasteiger partial charge in [-0.3, -0.25) is 0 Å². The minimum absolute atomic E-state index is 0.106. The topological polar surface area (TPSA) is 99.1 Å². The van der Waals surface area contributed by atoms with Gasteiger partial charge in [-0.15, -0.1) is 0 Å². The maximum atomic E-state index is 5.55. The Bertz CT molecular complexity index is 317. The van der Waals surface area contributed by atoms with Gasteiger partial charge in [-0.1, -0.05) is 13.3 Å². The van der Waals surface area contributed by atoms with Crippen molar-refractivity contribution in [3.05, 3.63) is 6.07 Å². The molecule has 1 atom stereocenters. The Morgan fingerprint density at radius 1 is 1.53 bits per heavy atom. The van der Waals surface area contributed by atoms with Crippen LogP contribution < -0.4 is 21.7 Å². The quantitative estimate of drug-likeness (QED) is 0.494. The highest BCUT2D eigenvalue weighted by molar-refractivity contribution is 5.41. The molecule has 0 amide bonds. The molecule has 1 heterocycles. The normalized spacial score (nSPS) is 12.2. The van der Waals surface area contributed by atoms with Crippen LogP contribution in [0.25, 0.3) is 0 Å². The summed E-state index contributed by atoms with van der Waals surface area (Å²) < 4.78 is 5.55. The average molecular weight is 211 g/mol. The minimum atomic E-state index is 0.106. The van der Waals surface area contributed by atoms with Gasteiger partial charge >= 0.3 is 0 Å². The molecule has 84 valence electrons. The summed E-state index contributed by atoms with van der Waals surface area (Å²) in [7, 11) is 0. The van der Waals surface area contributed by atoms with E-state index in [9.17, 15) is 0 Å². The average Bonchev–Trinajstić information content (AvgIpc) is 2.17. The molecule has 6 nitrogen and oxygen atoms in total. The fraction of sp³-hybridized carbons (Fsp3) is 0.556. The predicted molar refractivity (Wildman–Crippen MR) is 59.3 cm³/mol. The number of hydrazine groups is 1. The number of nitrogens with zero attached hydrogens (tertiary/aromatic N) is 2. The van der Waals surface area contributed by atoms with Crippen molar-refractivity contribution >= 4 is 11.8 Å². The molecule has 0 saturated heterocycles. The molecular weight excluding hydrogens is 194 g/mol. The number of aromatic nitrogens is 2. The molecular formula is C9H17N5O. The number of ether oxygens (including phenoxy) is 1. The third-order valence-electron chi connectivity index (χ3n) is 1.88. The van der Waals surface area contributed by atoms with E-state index >= 15 is 0 Å². The summed E-state index contributed by atoms with van der Waals surface area (Å²) in [6.07, 6.45) is 2.13. The van der Waals surface area contributed by atoms with Crippen LogP contribution in [-0.4, -0.2) is 16.1 Å². The van der Waals surface area contributed by atoms with Gasteiger partial charge in [-0.25, -0.2) is 5.84 Å². The SMILES string of the molecule is CCCC(C)Oc1cc(NN)nc(N)n1. The number of hydrogen-bond acceptors (Lipinski definition) is 6. The second-order valence-corrected chi connectivity index (χ2v) is 3.31. The molecule has 0 aromatic carbocycles. The van der Waals surface area contributed by atoms with Gasteiger partial charge in [-0.2, -0.15) is 9.97 Å². The Balaban J connectivity index is 2.71. The zero-order valence-corrected chi connectivity index (χ0v) is 9.03. The third-order valence-corrected chi connectivity index (χ3v) is 1.88. The van der Waals surface area contributed by atoms with Gasteiger partial charge in [0.1, 0.15) is 5.82 Å². The molecule has 0 saturated carbocycles. The van der Waals surface area contributed by atoms with E-state index in [0.29, 0.717) is 11.7 Å². The molecule has 5 N–H and O–H groups in total. The molecule has 1 rings (SSSR count). The molecule has 6 heteroatoms. The summed E-state index contributed by atoms with van der Waals surface area (Å²) in [5.74, 6) is 6.26. The van der Waals surface area contributed by atoms with Crippen molar-refractivity contribution < 1.29 is 4.74 Å². The van der Waals surface area contributed by atoms with Crippen molar-refractivity contribution in [2.45, 2.75) is 32.8 Å². The number of anilines is 2. The second kappa shape index (κ2) is 5.35. The van der Waals surface area contributed by atoms with Crippen LogP contribution >= 0.6 is 0 Å². The van der Waals surface area contributed by atoms with Crippen LogP contribution in [-0.2, 0) is 0 Å². The maximum Gasteiger partial charge on any atom is 0.225 e. The first-order valence-corrected chi connectivity index (χ1v) is 4.93. The molecule has 0 fully saturated rings. The summed E-state index contributed by atoms with van der Waals surface area (Å²) in [4.78, 5) is 7.81. The molecule has 1 aromatic heterocycles. The number of rotatable bonds is 5. The molecule has 1 unspecified atom stereocenters. The van der Waals surface area contributed by atoms with Crippen LogP contribution in [0.2, 0.25) is 0 Å². The monoisotopic (exact) mass is 211 g/mol. The second-order valence-electron chi connectivity index (χ2n) is 3.31. The van der Waals surface area contributed by atoms with Crippen molar-refractivity contribution in [1.82, 2.24) is 9.97 Å². The maximum absolute atomic E-state index is 5.55. The lowest BCUT2D eigenvalue weighted by molar-refractivity contribution is 0.201. The first kappa shape index (κ1) is 11.5. The van der Waals surface area contributed by atoms with Crippen molar-refractivity contribution in [3.63, 3.8) is 0 Å². The molecule has 15 heavy (non-hydrogen) atoms. The summed E-state index contributed by atoms with van der Waals surface area (Å²) >= 11 is 0. The highest BCUT2D eigenvalue weighted by atomic mass is 16.5. The van der Waals surface area contributed by atoms with E-state index in [1.54, 1.807) is 6.07 Å². The van der Waals surface area contributed by atoms with Crippen LogP contribution in [0.4, 0.5) is 11.8 Å². The van der Waals surface area contributed by atoms with E-state index in [1.165, 1.54) is 0 Å². The first-order valence-electron chi connectivity index (χ1n) is 4.93. The van der Waals surface area contributed by atoms with Crippen molar-refractivity contribution in [2.24, 2.45) is 5.84 Å². The van der Waals surface area contributed by atoms with Gasteiger partial charge in [0, 0.05) is 6.07 Å². The zero-order chi connectivity index (χ0) is 11.3. The first-order chi connectivity index (χ1) is 7.15.